The van der Waals surface area contributed by atoms with Crippen LogP contribution in [0.25, 0.3) is 0 Å². The first-order valence-corrected chi connectivity index (χ1v) is 12.4. The second kappa shape index (κ2) is 3.84. The van der Waals surface area contributed by atoms with E-state index in [2.05, 4.69) is 6.08 Å². The third kappa shape index (κ3) is 1.15. The van der Waals surface area contributed by atoms with Crippen molar-refractivity contribution in [1.29, 1.82) is 0 Å². The molecule has 9 bridgehead atoms. The standard InChI is InChI=1S/C21H24O5S/c1-27(24,25)26-6-20-17-8-2-4-9-11(8)14-16(17)15-13(19(14)21(9,20)23)7-3-5-10(22)12(7)18(15)20/h3,5,7-9,11-19,23H,2,4,6H2,1H3. The van der Waals surface area contributed by atoms with Crippen molar-refractivity contribution in [3.05, 3.63) is 12.2 Å². The van der Waals surface area contributed by atoms with Crippen molar-refractivity contribution < 1.29 is 22.5 Å². The van der Waals surface area contributed by atoms with Crippen molar-refractivity contribution in [1.82, 2.24) is 0 Å². The maximum Gasteiger partial charge on any atom is 0.264 e. The van der Waals surface area contributed by atoms with E-state index in [1.165, 1.54) is 6.42 Å². The lowest BCUT2D eigenvalue weighted by Crippen LogP contribution is -2.67. The van der Waals surface area contributed by atoms with Crippen LogP contribution in [0.2, 0.25) is 0 Å². The fourth-order valence-corrected chi connectivity index (χ4v) is 12.2. The van der Waals surface area contributed by atoms with Crippen LogP contribution in [0.1, 0.15) is 12.8 Å². The number of fused-ring (bicyclic) bond motifs is 1. The van der Waals surface area contributed by atoms with Crippen molar-refractivity contribution in [2.24, 2.45) is 76.4 Å². The lowest BCUT2D eigenvalue weighted by atomic mass is 9.47. The molecule has 8 fully saturated rings. The van der Waals surface area contributed by atoms with Crippen LogP contribution in [0.4, 0.5) is 0 Å². The molecular formula is C21H24O5S. The molecule has 9 rings (SSSR count). The zero-order chi connectivity index (χ0) is 18.2. The van der Waals surface area contributed by atoms with E-state index < -0.39 is 21.1 Å². The summed E-state index contributed by atoms with van der Waals surface area (Å²) in [6.45, 7) is 0.0941. The van der Waals surface area contributed by atoms with Crippen molar-refractivity contribution >= 4 is 15.9 Å². The normalized spacial score (nSPS) is 69.6. The minimum atomic E-state index is -3.59. The quantitative estimate of drug-likeness (QED) is 0.732. The molecular weight excluding hydrogens is 364 g/mol. The largest absolute Gasteiger partial charge is 0.389 e. The van der Waals surface area contributed by atoms with Gasteiger partial charge in [0.25, 0.3) is 10.1 Å². The molecule has 1 N–H and O–H groups in total. The molecule has 0 amide bonds. The van der Waals surface area contributed by atoms with Crippen LogP contribution < -0.4 is 0 Å². The minimum absolute atomic E-state index is 0.0396. The van der Waals surface area contributed by atoms with Gasteiger partial charge in [-0.3, -0.25) is 8.98 Å². The Morgan fingerprint density at radius 3 is 2.63 bits per heavy atom. The van der Waals surface area contributed by atoms with Crippen molar-refractivity contribution in [3.63, 3.8) is 0 Å². The lowest BCUT2D eigenvalue weighted by Gasteiger charge is -2.60. The van der Waals surface area contributed by atoms with E-state index in [-0.39, 0.29) is 36.1 Å². The van der Waals surface area contributed by atoms with Crippen molar-refractivity contribution in [2.75, 3.05) is 12.9 Å². The Labute approximate surface area is 158 Å². The van der Waals surface area contributed by atoms with Crippen molar-refractivity contribution in [3.8, 4) is 0 Å². The highest BCUT2D eigenvalue weighted by Crippen LogP contribution is 2.95. The number of rotatable bonds is 3. The van der Waals surface area contributed by atoms with Gasteiger partial charge in [-0.2, -0.15) is 8.42 Å². The zero-order valence-corrected chi connectivity index (χ0v) is 16.0. The first kappa shape index (κ1) is 15.2. The van der Waals surface area contributed by atoms with Crippen LogP contribution in [0.5, 0.6) is 0 Å². The number of hydrogen-bond acceptors (Lipinski definition) is 5. The molecule has 0 spiro atoms. The van der Waals surface area contributed by atoms with Crippen LogP contribution in [0.15, 0.2) is 12.2 Å². The molecule has 0 radical (unpaired) electrons. The maximum atomic E-state index is 12.9. The van der Waals surface area contributed by atoms with E-state index in [9.17, 15) is 18.3 Å². The van der Waals surface area contributed by atoms with Gasteiger partial charge in [-0.15, -0.1) is 0 Å². The highest BCUT2D eigenvalue weighted by molar-refractivity contribution is 7.85. The first-order valence-electron chi connectivity index (χ1n) is 10.6. The second-order valence-electron chi connectivity index (χ2n) is 11.0. The average Bonchev–Trinajstić information content (AvgIpc) is 3.34. The third-order valence-electron chi connectivity index (χ3n) is 11.2. The molecule has 144 valence electrons. The molecule has 14 atom stereocenters. The predicted molar refractivity (Wildman–Crippen MR) is 93.4 cm³/mol. The summed E-state index contributed by atoms with van der Waals surface area (Å²) in [6.07, 6.45) is 7.26. The second-order valence-corrected chi connectivity index (χ2v) is 12.7. The summed E-state index contributed by atoms with van der Waals surface area (Å²) in [5, 5.41) is 12.5. The molecule has 8 saturated carbocycles. The minimum Gasteiger partial charge on any atom is -0.389 e. The molecule has 0 aromatic heterocycles. The molecule has 0 aromatic rings. The number of aliphatic hydroxyl groups is 1. The van der Waals surface area contributed by atoms with Gasteiger partial charge in [-0.1, -0.05) is 6.08 Å². The van der Waals surface area contributed by atoms with Crippen LogP contribution in [0, 0.1) is 76.4 Å². The Morgan fingerprint density at radius 1 is 1.11 bits per heavy atom. The highest BCUT2D eigenvalue weighted by atomic mass is 32.2. The molecule has 27 heavy (non-hydrogen) atoms. The van der Waals surface area contributed by atoms with E-state index in [1.807, 2.05) is 0 Å². The molecule has 0 aromatic carbocycles. The molecule has 9 aliphatic rings. The summed E-state index contributed by atoms with van der Waals surface area (Å²) in [5.41, 5.74) is -1.34. The number of hydrogen-bond donors (Lipinski definition) is 1. The van der Waals surface area contributed by atoms with Gasteiger partial charge >= 0.3 is 0 Å². The van der Waals surface area contributed by atoms with Crippen molar-refractivity contribution in [2.45, 2.75) is 18.4 Å². The van der Waals surface area contributed by atoms with Gasteiger partial charge in [0, 0.05) is 11.3 Å². The van der Waals surface area contributed by atoms with Gasteiger partial charge in [0.15, 0.2) is 5.78 Å². The van der Waals surface area contributed by atoms with E-state index in [1.54, 1.807) is 6.08 Å². The lowest BCUT2D eigenvalue weighted by molar-refractivity contribution is -0.236. The summed E-state index contributed by atoms with van der Waals surface area (Å²) in [4.78, 5) is 12.9. The Bertz CT molecular complexity index is 971. The summed E-state index contributed by atoms with van der Waals surface area (Å²) < 4.78 is 29.4. The molecule has 6 heteroatoms. The van der Waals surface area contributed by atoms with Crippen LogP contribution in [-0.4, -0.2) is 37.8 Å². The number of carbonyl (C=O) groups is 1. The summed E-state index contributed by atoms with van der Waals surface area (Å²) >= 11 is 0. The van der Waals surface area contributed by atoms with Gasteiger partial charge in [-0.25, -0.2) is 0 Å². The highest BCUT2D eigenvalue weighted by Gasteiger charge is 2.96. The van der Waals surface area contributed by atoms with E-state index in [4.69, 9.17) is 4.18 Å². The summed E-state index contributed by atoms with van der Waals surface area (Å²) in [7, 11) is -3.59. The fraction of sp³-hybridized carbons (Fsp3) is 0.857. The molecule has 5 nitrogen and oxygen atoms in total. The van der Waals surface area contributed by atoms with Gasteiger partial charge in [0.05, 0.1) is 18.5 Å². The topological polar surface area (TPSA) is 80.7 Å². The van der Waals surface area contributed by atoms with Gasteiger partial charge in [0.1, 0.15) is 0 Å². The molecule has 9 aliphatic carbocycles. The van der Waals surface area contributed by atoms with Gasteiger partial charge in [0.2, 0.25) is 0 Å². The van der Waals surface area contributed by atoms with Gasteiger partial charge in [-0.05, 0) is 84.0 Å². The van der Waals surface area contributed by atoms with Crippen LogP contribution in [0.3, 0.4) is 0 Å². The van der Waals surface area contributed by atoms with E-state index in [0.717, 1.165) is 12.7 Å². The summed E-state index contributed by atoms with van der Waals surface area (Å²) in [5.74, 6) is 4.90. The molecule has 14 unspecified atom stereocenters. The average molecular weight is 388 g/mol. The molecule has 0 heterocycles. The van der Waals surface area contributed by atoms with Crippen LogP contribution in [-0.2, 0) is 19.1 Å². The number of carbonyl (C=O) groups excluding carboxylic acids is 1. The fourth-order valence-electron chi connectivity index (χ4n) is 11.8. The Balaban J connectivity index is 1.42. The predicted octanol–water partition coefficient (Wildman–Crippen LogP) is 1.09. The SMILES string of the molecule is CS(=O)(=O)OCC12C3C4CCC5C4C4C3C3C(C6C=CC(=O)C6C31)C4C52O. The zero-order valence-electron chi connectivity index (χ0n) is 15.2. The Hall–Kier alpha value is -0.720. The van der Waals surface area contributed by atoms with E-state index >= 15 is 0 Å². The monoisotopic (exact) mass is 388 g/mol. The number of ketones is 1. The first-order chi connectivity index (χ1) is 12.8. The Morgan fingerprint density at radius 2 is 1.85 bits per heavy atom. The maximum absolute atomic E-state index is 12.9. The van der Waals surface area contributed by atoms with Crippen LogP contribution >= 0.6 is 0 Å². The Kier molecular flexibility index (Phi) is 2.16. The molecule has 0 saturated heterocycles. The van der Waals surface area contributed by atoms with E-state index in [0.29, 0.717) is 47.3 Å². The number of allylic oxidation sites excluding steroid dienone is 2. The smallest absolute Gasteiger partial charge is 0.264 e. The third-order valence-corrected chi connectivity index (χ3v) is 11.8. The molecule has 0 aliphatic heterocycles. The van der Waals surface area contributed by atoms with Gasteiger partial charge < -0.3 is 5.11 Å². The summed E-state index contributed by atoms with van der Waals surface area (Å²) in [6, 6.07) is 0.